The Morgan fingerprint density at radius 1 is 1.23 bits per heavy atom. The van der Waals surface area contributed by atoms with E-state index in [1.165, 1.54) is 23.9 Å². The van der Waals surface area contributed by atoms with Gasteiger partial charge in [-0.05, 0) is 38.1 Å². The third kappa shape index (κ3) is 3.65. The van der Waals surface area contributed by atoms with Crippen LogP contribution in [0, 0.1) is 5.82 Å². The van der Waals surface area contributed by atoms with Crippen LogP contribution in [0.3, 0.4) is 0 Å². The predicted octanol–water partition coefficient (Wildman–Crippen LogP) is 2.58. The summed E-state index contributed by atoms with van der Waals surface area (Å²) in [5.74, 6) is 0.779. The number of hydrogen-bond donors (Lipinski definition) is 0. The first-order chi connectivity index (χ1) is 10.6. The summed E-state index contributed by atoms with van der Waals surface area (Å²) < 4.78 is 14.8. The topological polar surface area (TPSA) is 51.0 Å². The van der Waals surface area contributed by atoms with Gasteiger partial charge in [0.15, 0.2) is 11.0 Å². The first-order valence-corrected chi connectivity index (χ1v) is 8.11. The molecule has 0 bridgehead atoms. The molecule has 0 aliphatic heterocycles. The van der Waals surface area contributed by atoms with E-state index in [1.54, 1.807) is 17.0 Å². The highest BCUT2D eigenvalue weighted by Crippen LogP contribution is 2.23. The van der Waals surface area contributed by atoms with Gasteiger partial charge < -0.3 is 9.47 Å². The second-order valence-electron chi connectivity index (χ2n) is 4.73. The molecule has 0 saturated carbocycles. The standard InChI is InChI=1S/C15H19FN4OS/c1-4-20(5-2)13(21)10-22-15-18-17-14(19(15)3)11-6-8-12(16)9-7-11/h6-9H,4-5,10H2,1-3H3. The number of hydrogen-bond acceptors (Lipinski definition) is 4. The van der Waals surface area contributed by atoms with Crippen LogP contribution in [-0.2, 0) is 11.8 Å². The van der Waals surface area contributed by atoms with Crippen LogP contribution in [0.4, 0.5) is 4.39 Å². The van der Waals surface area contributed by atoms with Gasteiger partial charge in [0.05, 0.1) is 5.75 Å². The van der Waals surface area contributed by atoms with Gasteiger partial charge in [-0.2, -0.15) is 0 Å². The maximum atomic E-state index is 13.0. The van der Waals surface area contributed by atoms with Crippen molar-refractivity contribution in [3.8, 4) is 11.4 Å². The van der Waals surface area contributed by atoms with Gasteiger partial charge >= 0.3 is 0 Å². The number of aromatic nitrogens is 3. The predicted molar refractivity (Wildman–Crippen MR) is 85.0 cm³/mol. The van der Waals surface area contributed by atoms with E-state index in [9.17, 15) is 9.18 Å². The molecule has 0 N–H and O–H groups in total. The van der Waals surface area contributed by atoms with Crippen molar-refractivity contribution in [3.05, 3.63) is 30.1 Å². The lowest BCUT2D eigenvalue weighted by molar-refractivity contribution is -0.127. The van der Waals surface area contributed by atoms with Crippen LogP contribution in [0.5, 0.6) is 0 Å². The lowest BCUT2D eigenvalue weighted by Crippen LogP contribution is -2.31. The molecule has 1 amide bonds. The van der Waals surface area contributed by atoms with Crippen molar-refractivity contribution in [1.29, 1.82) is 0 Å². The normalized spacial score (nSPS) is 10.7. The van der Waals surface area contributed by atoms with E-state index in [0.717, 1.165) is 5.56 Å². The molecular weight excluding hydrogens is 303 g/mol. The maximum Gasteiger partial charge on any atom is 0.233 e. The molecule has 2 rings (SSSR count). The fourth-order valence-corrected chi connectivity index (χ4v) is 2.90. The van der Waals surface area contributed by atoms with Gasteiger partial charge in [-0.3, -0.25) is 4.79 Å². The maximum absolute atomic E-state index is 13.0. The van der Waals surface area contributed by atoms with Gasteiger partial charge in [0.2, 0.25) is 5.91 Å². The van der Waals surface area contributed by atoms with Gasteiger partial charge in [-0.15, -0.1) is 10.2 Å². The lowest BCUT2D eigenvalue weighted by Gasteiger charge is -2.17. The monoisotopic (exact) mass is 322 g/mol. The SMILES string of the molecule is CCN(CC)C(=O)CSc1nnc(-c2ccc(F)cc2)n1C. The highest BCUT2D eigenvalue weighted by atomic mass is 32.2. The Morgan fingerprint density at radius 3 is 2.45 bits per heavy atom. The smallest absolute Gasteiger partial charge is 0.233 e. The molecule has 0 spiro atoms. The summed E-state index contributed by atoms with van der Waals surface area (Å²) in [4.78, 5) is 13.8. The molecular formula is C15H19FN4OS. The van der Waals surface area contributed by atoms with E-state index in [1.807, 2.05) is 25.5 Å². The van der Waals surface area contributed by atoms with Gasteiger partial charge in [0, 0.05) is 25.7 Å². The summed E-state index contributed by atoms with van der Waals surface area (Å²) in [6.07, 6.45) is 0. The average molecular weight is 322 g/mol. The van der Waals surface area contributed by atoms with Crippen molar-refractivity contribution in [1.82, 2.24) is 19.7 Å². The molecule has 0 atom stereocenters. The Labute approximate surface area is 133 Å². The first kappa shape index (κ1) is 16.5. The summed E-state index contributed by atoms with van der Waals surface area (Å²) in [7, 11) is 1.84. The van der Waals surface area contributed by atoms with Crippen molar-refractivity contribution in [2.45, 2.75) is 19.0 Å². The van der Waals surface area contributed by atoms with Crippen molar-refractivity contribution in [2.75, 3.05) is 18.8 Å². The van der Waals surface area contributed by atoms with E-state index in [2.05, 4.69) is 10.2 Å². The lowest BCUT2D eigenvalue weighted by atomic mass is 10.2. The summed E-state index contributed by atoms with van der Waals surface area (Å²) >= 11 is 1.36. The highest BCUT2D eigenvalue weighted by Gasteiger charge is 2.15. The molecule has 0 fully saturated rings. The number of carbonyl (C=O) groups is 1. The Hall–Kier alpha value is -1.89. The number of halogens is 1. The summed E-state index contributed by atoms with van der Waals surface area (Å²) in [5.41, 5.74) is 0.790. The van der Waals surface area contributed by atoms with Crippen LogP contribution in [-0.4, -0.2) is 44.4 Å². The molecule has 22 heavy (non-hydrogen) atoms. The zero-order chi connectivity index (χ0) is 16.1. The Kier molecular flexibility index (Phi) is 5.54. The summed E-state index contributed by atoms with van der Waals surface area (Å²) in [6.45, 7) is 5.33. The van der Waals surface area contributed by atoms with Crippen molar-refractivity contribution in [2.24, 2.45) is 7.05 Å². The molecule has 2 aromatic rings. The minimum atomic E-state index is -0.287. The van der Waals surface area contributed by atoms with Crippen molar-refractivity contribution in [3.63, 3.8) is 0 Å². The Bertz CT molecular complexity index is 637. The van der Waals surface area contributed by atoms with Crippen LogP contribution in [0.15, 0.2) is 29.4 Å². The molecule has 0 saturated heterocycles. The highest BCUT2D eigenvalue weighted by molar-refractivity contribution is 7.99. The minimum Gasteiger partial charge on any atom is -0.343 e. The number of amides is 1. The van der Waals surface area contributed by atoms with Crippen molar-refractivity contribution < 1.29 is 9.18 Å². The number of benzene rings is 1. The van der Waals surface area contributed by atoms with E-state index < -0.39 is 0 Å². The number of rotatable bonds is 6. The van der Waals surface area contributed by atoms with Gasteiger partial charge in [0.1, 0.15) is 5.82 Å². The van der Waals surface area contributed by atoms with E-state index in [0.29, 0.717) is 29.8 Å². The van der Waals surface area contributed by atoms with E-state index in [4.69, 9.17) is 0 Å². The molecule has 0 aliphatic carbocycles. The van der Waals surface area contributed by atoms with Gasteiger partial charge in [0.25, 0.3) is 0 Å². The van der Waals surface area contributed by atoms with Crippen LogP contribution in [0.1, 0.15) is 13.8 Å². The Balaban J connectivity index is 2.08. The van der Waals surface area contributed by atoms with Crippen LogP contribution >= 0.6 is 11.8 Å². The third-order valence-corrected chi connectivity index (χ3v) is 4.38. The fraction of sp³-hybridized carbons (Fsp3) is 0.400. The van der Waals surface area contributed by atoms with Gasteiger partial charge in [-0.1, -0.05) is 11.8 Å². The molecule has 0 radical (unpaired) electrons. The van der Waals surface area contributed by atoms with Crippen LogP contribution < -0.4 is 0 Å². The quantitative estimate of drug-likeness (QED) is 0.767. The Morgan fingerprint density at radius 2 is 1.86 bits per heavy atom. The molecule has 7 heteroatoms. The minimum absolute atomic E-state index is 0.0846. The second-order valence-corrected chi connectivity index (χ2v) is 5.67. The molecule has 0 aliphatic rings. The zero-order valence-electron chi connectivity index (χ0n) is 12.9. The van der Waals surface area contributed by atoms with Gasteiger partial charge in [-0.25, -0.2) is 4.39 Å². The summed E-state index contributed by atoms with van der Waals surface area (Å²) in [6, 6.07) is 6.10. The number of carbonyl (C=O) groups excluding carboxylic acids is 1. The summed E-state index contributed by atoms with van der Waals surface area (Å²) in [5, 5.41) is 8.90. The van der Waals surface area contributed by atoms with Crippen molar-refractivity contribution >= 4 is 17.7 Å². The van der Waals surface area contributed by atoms with E-state index >= 15 is 0 Å². The molecule has 1 aromatic carbocycles. The molecule has 5 nitrogen and oxygen atoms in total. The largest absolute Gasteiger partial charge is 0.343 e. The molecule has 1 heterocycles. The number of nitrogens with zero attached hydrogens (tertiary/aromatic N) is 4. The first-order valence-electron chi connectivity index (χ1n) is 7.12. The number of thioether (sulfide) groups is 1. The third-order valence-electron chi connectivity index (χ3n) is 3.38. The van der Waals surface area contributed by atoms with Crippen LogP contribution in [0.25, 0.3) is 11.4 Å². The molecule has 0 unspecified atom stereocenters. The fourth-order valence-electron chi connectivity index (χ4n) is 2.08. The van der Waals surface area contributed by atoms with Crippen LogP contribution in [0.2, 0.25) is 0 Å². The zero-order valence-corrected chi connectivity index (χ0v) is 13.7. The molecule has 1 aromatic heterocycles. The second kappa shape index (κ2) is 7.40. The van der Waals surface area contributed by atoms with E-state index in [-0.39, 0.29) is 11.7 Å². The molecule has 118 valence electrons. The average Bonchev–Trinajstić information content (AvgIpc) is 2.88.